The van der Waals surface area contributed by atoms with Crippen LogP contribution in [0.2, 0.25) is 5.02 Å². The van der Waals surface area contributed by atoms with E-state index in [2.05, 4.69) is 73.5 Å². The van der Waals surface area contributed by atoms with Gasteiger partial charge in [-0.3, -0.25) is 3.11 Å². The molecule has 0 amide bonds. The highest BCUT2D eigenvalue weighted by Gasteiger charge is 2.39. The van der Waals surface area contributed by atoms with Gasteiger partial charge in [0.15, 0.2) is 5.50 Å². The molecule has 0 radical (unpaired) electrons. The smallest absolute Gasteiger partial charge is 0.167 e. The molecule has 2 aliphatic heterocycles. The number of fused-ring (bicyclic) bond motifs is 3. The summed E-state index contributed by atoms with van der Waals surface area (Å²) < 4.78 is 2.28. The van der Waals surface area contributed by atoms with Gasteiger partial charge in [0, 0.05) is 21.7 Å². The van der Waals surface area contributed by atoms with Gasteiger partial charge in [-0.1, -0.05) is 47.6 Å². The van der Waals surface area contributed by atoms with Crippen molar-refractivity contribution in [1.29, 1.82) is 0 Å². The lowest BCUT2D eigenvalue weighted by atomic mass is 10.2. The first-order valence-electron chi connectivity index (χ1n) is 6.21. The molecule has 0 spiro atoms. The Labute approximate surface area is 140 Å². The minimum absolute atomic E-state index is 0.304. The first-order chi connectivity index (χ1) is 9.74. The molecule has 0 saturated carbocycles. The summed E-state index contributed by atoms with van der Waals surface area (Å²) in [4.78, 5) is 3.67. The Kier molecular flexibility index (Phi) is 3.12. The van der Waals surface area contributed by atoms with Crippen molar-refractivity contribution >= 4 is 57.6 Å². The maximum absolute atomic E-state index is 5.97. The van der Waals surface area contributed by atoms with Gasteiger partial charge in [0.1, 0.15) is 0 Å². The van der Waals surface area contributed by atoms with Crippen molar-refractivity contribution in [2.24, 2.45) is 0 Å². The van der Waals surface area contributed by atoms with Gasteiger partial charge in [0.05, 0.1) is 34.2 Å². The SMILES string of the molecule is Clc1ccc(C2=CN3c4ccccc4SC3N2I)cc1. The summed E-state index contributed by atoms with van der Waals surface area (Å²) in [6, 6.07) is 16.5. The molecule has 2 aromatic carbocycles. The second-order valence-electron chi connectivity index (χ2n) is 4.65. The average Bonchev–Trinajstić information content (AvgIpc) is 2.98. The molecule has 0 bridgehead atoms. The molecule has 1 atom stereocenters. The lowest BCUT2D eigenvalue weighted by molar-refractivity contribution is 0.688. The number of halogens is 2. The lowest BCUT2D eigenvalue weighted by Crippen LogP contribution is -2.27. The van der Waals surface area contributed by atoms with Crippen LogP contribution in [0.25, 0.3) is 5.70 Å². The number of hydrogen-bond acceptors (Lipinski definition) is 3. The molecule has 0 aliphatic carbocycles. The van der Waals surface area contributed by atoms with Crippen LogP contribution in [0, 0.1) is 0 Å². The summed E-state index contributed by atoms with van der Waals surface area (Å²) >= 11 is 10.2. The van der Waals surface area contributed by atoms with Crippen molar-refractivity contribution in [3.8, 4) is 0 Å². The Morgan fingerprint density at radius 2 is 1.80 bits per heavy atom. The van der Waals surface area contributed by atoms with Crippen molar-refractivity contribution in [3.63, 3.8) is 0 Å². The quantitative estimate of drug-likeness (QED) is 0.469. The number of rotatable bonds is 1. The normalized spacial score (nSPS) is 19.9. The molecule has 20 heavy (non-hydrogen) atoms. The van der Waals surface area contributed by atoms with E-state index in [1.165, 1.54) is 21.8 Å². The Morgan fingerprint density at radius 1 is 1.05 bits per heavy atom. The lowest BCUT2D eigenvalue weighted by Gasteiger charge is -2.22. The number of thioether (sulfide) groups is 1. The zero-order valence-corrected chi connectivity index (χ0v) is 14.1. The zero-order valence-electron chi connectivity index (χ0n) is 10.3. The van der Waals surface area contributed by atoms with Crippen molar-refractivity contribution < 1.29 is 0 Å². The van der Waals surface area contributed by atoms with Crippen LogP contribution in [0.5, 0.6) is 0 Å². The molecule has 2 aliphatic rings. The first-order valence-corrected chi connectivity index (χ1v) is 8.43. The summed E-state index contributed by atoms with van der Waals surface area (Å²) in [7, 11) is 0. The highest BCUT2D eigenvalue weighted by atomic mass is 127. The molecule has 0 fully saturated rings. The topological polar surface area (TPSA) is 6.48 Å². The summed E-state index contributed by atoms with van der Waals surface area (Å²) in [6.45, 7) is 0. The van der Waals surface area contributed by atoms with Crippen LogP contribution in [0.3, 0.4) is 0 Å². The predicted octanol–water partition coefficient (Wildman–Crippen LogP) is 5.20. The summed E-state index contributed by atoms with van der Waals surface area (Å²) in [5.74, 6) is 0. The van der Waals surface area contributed by atoms with E-state index in [9.17, 15) is 0 Å². The number of hydrogen-bond donors (Lipinski definition) is 0. The van der Waals surface area contributed by atoms with Crippen LogP contribution in [0.15, 0.2) is 59.6 Å². The molecule has 2 aromatic rings. The average molecular weight is 413 g/mol. The fourth-order valence-electron chi connectivity index (χ4n) is 2.47. The van der Waals surface area contributed by atoms with E-state index >= 15 is 0 Å². The minimum Gasteiger partial charge on any atom is -0.314 e. The minimum atomic E-state index is 0.304. The van der Waals surface area contributed by atoms with E-state index in [1.807, 2.05) is 23.9 Å². The monoisotopic (exact) mass is 412 g/mol. The van der Waals surface area contributed by atoms with Gasteiger partial charge in [-0.15, -0.1) is 0 Å². The fourth-order valence-corrected chi connectivity index (χ4v) is 4.78. The fraction of sp³-hybridized carbons (Fsp3) is 0.0667. The van der Waals surface area contributed by atoms with Crippen LogP contribution >= 0.6 is 46.2 Å². The second kappa shape index (κ2) is 4.86. The summed E-state index contributed by atoms with van der Waals surface area (Å²) in [6.07, 6.45) is 2.22. The third-order valence-corrected chi connectivity index (χ3v) is 6.36. The Bertz CT molecular complexity index is 701. The third kappa shape index (κ3) is 1.93. The van der Waals surface area contributed by atoms with E-state index in [4.69, 9.17) is 11.6 Å². The van der Waals surface area contributed by atoms with Crippen LogP contribution in [0.4, 0.5) is 5.69 Å². The van der Waals surface area contributed by atoms with Crippen molar-refractivity contribution in [1.82, 2.24) is 3.11 Å². The molecular weight excluding hydrogens is 403 g/mol. The van der Waals surface area contributed by atoms with Gasteiger partial charge in [0.25, 0.3) is 0 Å². The molecule has 4 rings (SSSR count). The number of nitrogens with zero attached hydrogens (tertiary/aromatic N) is 2. The van der Waals surface area contributed by atoms with E-state index < -0.39 is 0 Å². The standard InChI is InChI=1S/C15H10ClIN2S/c16-11-7-5-10(6-8-11)13-9-18-12-3-1-2-4-14(12)20-15(18)19(13)17/h1-9,15H. The van der Waals surface area contributed by atoms with Gasteiger partial charge in [0.2, 0.25) is 0 Å². The molecule has 0 aromatic heterocycles. The van der Waals surface area contributed by atoms with Crippen molar-refractivity contribution in [2.75, 3.05) is 4.90 Å². The zero-order chi connectivity index (χ0) is 13.7. The van der Waals surface area contributed by atoms with Crippen molar-refractivity contribution in [3.05, 3.63) is 65.3 Å². The highest BCUT2D eigenvalue weighted by Crippen LogP contribution is 2.51. The number of anilines is 1. The third-order valence-electron chi connectivity index (χ3n) is 3.44. The maximum atomic E-state index is 5.97. The molecule has 2 heterocycles. The molecule has 5 heteroatoms. The Hall–Kier alpha value is -0.850. The van der Waals surface area contributed by atoms with Crippen LogP contribution in [-0.2, 0) is 0 Å². The number of benzene rings is 2. The highest BCUT2D eigenvalue weighted by molar-refractivity contribution is 14.1. The molecule has 100 valence electrons. The van der Waals surface area contributed by atoms with Gasteiger partial charge < -0.3 is 4.90 Å². The molecule has 0 saturated heterocycles. The van der Waals surface area contributed by atoms with Crippen LogP contribution < -0.4 is 4.90 Å². The van der Waals surface area contributed by atoms with Gasteiger partial charge in [-0.05, 0) is 24.3 Å². The maximum Gasteiger partial charge on any atom is 0.167 e. The number of para-hydroxylation sites is 1. The van der Waals surface area contributed by atoms with E-state index in [-0.39, 0.29) is 0 Å². The second-order valence-corrected chi connectivity index (χ2v) is 7.22. The summed E-state index contributed by atoms with van der Waals surface area (Å²) in [5.41, 5.74) is 4.00. The van der Waals surface area contributed by atoms with E-state index in [1.54, 1.807) is 0 Å². The molecule has 2 nitrogen and oxygen atoms in total. The molecule has 1 unspecified atom stereocenters. The molecule has 0 N–H and O–H groups in total. The Morgan fingerprint density at radius 3 is 2.60 bits per heavy atom. The van der Waals surface area contributed by atoms with Crippen LogP contribution in [0.1, 0.15) is 5.56 Å². The largest absolute Gasteiger partial charge is 0.314 e. The van der Waals surface area contributed by atoms with Gasteiger partial charge in [-0.25, -0.2) is 0 Å². The predicted molar refractivity (Wildman–Crippen MR) is 93.9 cm³/mol. The first kappa shape index (κ1) is 12.9. The Balaban J connectivity index is 1.76. The van der Waals surface area contributed by atoms with Crippen molar-refractivity contribution in [2.45, 2.75) is 10.4 Å². The van der Waals surface area contributed by atoms with Gasteiger partial charge >= 0.3 is 0 Å². The van der Waals surface area contributed by atoms with E-state index in [0.717, 1.165) is 5.02 Å². The van der Waals surface area contributed by atoms with Gasteiger partial charge in [-0.2, -0.15) is 0 Å². The van der Waals surface area contributed by atoms with E-state index in [0.29, 0.717) is 5.50 Å². The van der Waals surface area contributed by atoms with Crippen LogP contribution in [-0.4, -0.2) is 8.61 Å². The molecular formula is C15H10ClIN2S. The summed E-state index contributed by atoms with van der Waals surface area (Å²) in [5, 5.41) is 0.771.